The van der Waals surface area contributed by atoms with E-state index in [9.17, 15) is 43.5 Å². The highest BCUT2D eigenvalue weighted by atomic mass is 16.3. The number of carbonyl (C=O) groups excluding carboxylic acids is 12. The smallest absolute Gasteiger partial charge is 0.246 e. The highest BCUT2D eigenvalue weighted by Gasteiger charge is 2.46. The summed E-state index contributed by atoms with van der Waals surface area (Å²) in [6, 6.07) is -9.38. The Bertz CT molecular complexity index is 2480. The lowest BCUT2D eigenvalue weighted by Gasteiger charge is -2.41. The minimum Gasteiger partial charge on any atom is -0.390 e. The number of hydrogen-bond acceptors (Lipinski definition) is 13. The van der Waals surface area contributed by atoms with Gasteiger partial charge in [-0.05, 0) is 100 Å². The molecule has 1 unspecified atom stereocenters. The number of ketones is 3. The predicted octanol–water partition coefficient (Wildman–Crippen LogP) is 7.05. The average molecular weight is 1300 g/mol. The third-order valence-corrected chi connectivity index (χ3v) is 18.8. The van der Waals surface area contributed by atoms with E-state index in [-0.39, 0.29) is 74.5 Å². The SMILES string of the molecule is CC[C@@H]1CC(=O)C([C@H](O)[C@H](C)CCCCCCNC(C)=O)N(C)C(=O)[C@@H](C(C)C)N(C)C(=O)[C@H](CC(C)C)N(C)C(=O)[C@H](CC(C)C)N(C)C(=O)[C@H](C)NC(=O)[C@H](C)CC(=O)[C@@H](CC(C)C)N(C)C(=O)[C@H](C(C)C)CC(=O)[C@H](CC(C)C)N(C)C(=O)[C@H](C)N(C)C1=O. The van der Waals surface area contributed by atoms with Crippen molar-refractivity contribution in [2.24, 2.45) is 59.2 Å². The Kier molecular flexibility index (Phi) is 35.8. The minimum atomic E-state index is -1.51. The summed E-state index contributed by atoms with van der Waals surface area (Å²) < 4.78 is 0. The van der Waals surface area contributed by atoms with Gasteiger partial charge in [0.25, 0.3) is 0 Å². The summed E-state index contributed by atoms with van der Waals surface area (Å²) in [5, 5.41) is 18.0. The number of carbonyl (C=O) groups is 12. The van der Waals surface area contributed by atoms with Crippen molar-refractivity contribution in [1.29, 1.82) is 0 Å². The van der Waals surface area contributed by atoms with Crippen LogP contribution in [-0.2, 0) is 57.5 Å². The highest BCUT2D eigenvalue weighted by Crippen LogP contribution is 2.30. The summed E-state index contributed by atoms with van der Waals surface area (Å²) in [7, 11) is 10.3. The Morgan fingerprint density at radius 1 is 0.478 bits per heavy atom. The van der Waals surface area contributed by atoms with Crippen molar-refractivity contribution in [3.05, 3.63) is 0 Å². The molecule has 528 valence electrons. The van der Waals surface area contributed by atoms with Crippen LogP contribution in [0.2, 0.25) is 0 Å². The summed E-state index contributed by atoms with van der Waals surface area (Å²) in [5.41, 5.74) is 0. The van der Waals surface area contributed by atoms with Gasteiger partial charge in [-0.15, -0.1) is 0 Å². The van der Waals surface area contributed by atoms with Crippen LogP contribution in [0, 0.1) is 59.2 Å². The quantitative estimate of drug-likeness (QED) is 0.103. The monoisotopic (exact) mass is 1300 g/mol. The molecule has 0 bridgehead atoms. The number of nitrogens with zero attached hydrogens (tertiary/aromatic N) is 7. The number of amides is 9. The number of unbranched alkanes of at least 4 members (excludes halogenated alkanes) is 3. The number of aliphatic hydroxyl groups excluding tert-OH is 1. The lowest BCUT2D eigenvalue weighted by atomic mass is 9.84. The van der Waals surface area contributed by atoms with Crippen molar-refractivity contribution in [3.63, 3.8) is 0 Å². The van der Waals surface area contributed by atoms with Crippen molar-refractivity contribution in [1.82, 2.24) is 44.9 Å². The zero-order chi connectivity index (χ0) is 71.3. The Morgan fingerprint density at radius 2 is 0.902 bits per heavy atom. The van der Waals surface area contributed by atoms with E-state index in [1.807, 2.05) is 55.4 Å². The Hall–Kier alpha value is -5.80. The van der Waals surface area contributed by atoms with Crippen LogP contribution in [0.3, 0.4) is 0 Å². The molecule has 22 heteroatoms. The second kappa shape index (κ2) is 39.2. The van der Waals surface area contributed by atoms with Crippen molar-refractivity contribution in [3.8, 4) is 0 Å². The maximum absolute atomic E-state index is 15.4. The predicted molar refractivity (Wildman–Crippen MR) is 359 cm³/mol. The first-order valence-electron chi connectivity index (χ1n) is 34.2. The molecule has 3 N–H and O–H groups in total. The summed E-state index contributed by atoms with van der Waals surface area (Å²) >= 11 is 0. The van der Waals surface area contributed by atoms with Crippen molar-refractivity contribution < 1.29 is 62.6 Å². The highest BCUT2D eigenvalue weighted by molar-refractivity contribution is 6.00. The topological polar surface area (TPSA) is 272 Å². The Morgan fingerprint density at radius 3 is 1.36 bits per heavy atom. The molecule has 0 spiro atoms. The summed E-state index contributed by atoms with van der Waals surface area (Å²) in [6.07, 6.45) is 1.89. The molecule has 92 heavy (non-hydrogen) atoms. The lowest BCUT2D eigenvalue weighted by molar-refractivity contribution is -0.157. The fourth-order valence-electron chi connectivity index (χ4n) is 12.6. The number of Topliss-reactive ketones (excluding diaryl/α,β-unsaturated/α-hetero) is 3. The van der Waals surface area contributed by atoms with Crippen LogP contribution in [0.5, 0.6) is 0 Å². The van der Waals surface area contributed by atoms with Gasteiger partial charge in [-0.2, -0.15) is 0 Å². The molecule has 0 radical (unpaired) electrons. The maximum Gasteiger partial charge on any atom is 0.246 e. The molecule has 1 heterocycles. The third kappa shape index (κ3) is 24.5. The van der Waals surface area contributed by atoms with E-state index >= 15 is 19.2 Å². The van der Waals surface area contributed by atoms with Crippen LogP contribution in [-0.4, -0.2) is 220 Å². The number of nitrogens with one attached hydrogen (secondary N) is 2. The average Bonchev–Trinajstić information content (AvgIpc) is 0.815. The first-order chi connectivity index (χ1) is 42.5. The van der Waals surface area contributed by atoms with E-state index in [0.29, 0.717) is 19.4 Å². The van der Waals surface area contributed by atoms with Crippen molar-refractivity contribution in [2.75, 3.05) is 55.9 Å². The molecule has 1 aliphatic rings. The number of rotatable bonds is 20. The van der Waals surface area contributed by atoms with Crippen LogP contribution in [0.4, 0.5) is 0 Å². The van der Waals surface area contributed by atoms with Gasteiger partial charge < -0.3 is 50.0 Å². The normalized spacial score (nSPS) is 26.7. The van der Waals surface area contributed by atoms with Crippen LogP contribution in [0.25, 0.3) is 0 Å². The van der Waals surface area contributed by atoms with Crippen molar-refractivity contribution in [2.45, 2.75) is 263 Å². The van der Waals surface area contributed by atoms with E-state index in [0.717, 1.165) is 19.3 Å². The lowest BCUT2D eigenvalue weighted by Crippen LogP contribution is -2.61. The molecule has 0 aromatic carbocycles. The summed E-state index contributed by atoms with van der Waals surface area (Å²) in [6.45, 7) is 32.3. The maximum atomic E-state index is 15.4. The second-order valence-electron chi connectivity index (χ2n) is 29.3. The summed E-state index contributed by atoms with van der Waals surface area (Å²) in [5.74, 6) is -11.1. The summed E-state index contributed by atoms with van der Waals surface area (Å²) in [4.78, 5) is 183. The number of likely N-dealkylation sites (N-methyl/N-ethyl adjacent to an activating group) is 7. The molecule has 22 nitrogen and oxygen atoms in total. The third-order valence-electron chi connectivity index (χ3n) is 18.8. The molecule has 0 aromatic heterocycles. The van der Waals surface area contributed by atoms with Crippen LogP contribution < -0.4 is 10.6 Å². The standard InChI is InChI=1S/C70H125N9O13/c1-26-51-38-59(83)61(62(84)46(14)31-29-27-28-30-32-71-50(18)80)79(25)70(92)60(45(12)13)78(24)69(91)56(36-43(8)9)77(23)68(90)55(35-42(6)7)76(22)64(86)48(16)72-63(85)47(15)37-57(81)53(33-40(2)3)75(21)67(89)52(44(10)11)39-58(82)54(34-41(4)5)74(20)65(87)49(17)73(19)66(51)88/h40-49,51-56,60-62,84H,26-39H2,1-25H3,(H,71,80)(H,72,85)/t46-,47-,48+,49+,51-,52+,53-,54+,55+,56+,60-,61?,62-/m1/s1. The van der Waals surface area contributed by atoms with Gasteiger partial charge in [0.05, 0.1) is 18.2 Å². The molecule has 13 atom stereocenters. The molecule has 1 rings (SSSR count). The van der Waals surface area contributed by atoms with Crippen LogP contribution in [0.15, 0.2) is 0 Å². The van der Waals surface area contributed by atoms with E-state index in [1.165, 1.54) is 104 Å². The first-order valence-corrected chi connectivity index (χ1v) is 34.2. The fourth-order valence-corrected chi connectivity index (χ4v) is 12.6. The molecular weight excluding hydrogens is 1170 g/mol. The molecule has 1 fully saturated rings. The molecule has 0 saturated carbocycles. The van der Waals surface area contributed by atoms with Gasteiger partial charge in [-0.25, -0.2) is 0 Å². The molecule has 0 aromatic rings. The Balaban J connectivity index is 4.36. The van der Waals surface area contributed by atoms with E-state index in [1.54, 1.807) is 48.5 Å². The molecule has 0 aliphatic carbocycles. The van der Waals surface area contributed by atoms with Gasteiger partial charge in [-0.3, -0.25) is 57.5 Å². The first kappa shape index (κ1) is 84.2. The molecule has 1 saturated heterocycles. The van der Waals surface area contributed by atoms with E-state index in [4.69, 9.17) is 0 Å². The second-order valence-corrected chi connectivity index (χ2v) is 29.3. The fraction of sp³-hybridized carbons (Fsp3) is 0.829. The largest absolute Gasteiger partial charge is 0.390 e. The van der Waals surface area contributed by atoms with Gasteiger partial charge >= 0.3 is 0 Å². The zero-order valence-corrected chi connectivity index (χ0v) is 61.3. The molecule has 1 aliphatic heterocycles. The van der Waals surface area contributed by atoms with E-state index in [2.05, 4.69) is 10.6 Å². The van der Waals surface area contributed by atoms with Gasteiger partial charge in [0.2, 0.25) is 53.2 Å². The van der Waals surface area contributed by atoms with Gasteiger partial charge in [-0.1, -0.05) is 123 Å². The molecular formula is C70H125N9O13. The minimum absolute atomic E-state index is 0.0748. The van der Waals surface area contributed by atoms with Crippen molar-refractivity contribution >= 4 is 70.5 Å². The number of hydrogen-bond donors (Lipinski definition) is 3. The van der Waals surface area contributed by atoms with Gasteiger partial charge in [0.1, 0.15) is 36.3 Å². The van der Waals surface area contributed by atoms with Gasteiger partial charge in [0.15, 0.2) is 17.3 Å². The van der Waals surface area contributed by atoms with Gasteiger partial charge in [0, 0.05) is 99.8 Å². The zero-order valence-electron chi connectivity index (χ0n) is 61.3. The Labute approximate surface area is 553 Å². The molecule has 9 amide bonds. The van der Waals surface area contributed by atoms with E-state index < -0.39 is 161 Å². The van der Waals surface area contributed by atoms with Crippen LogP contribution >= 0.6 is 0 Å². The van der Waals surface area contributed by atoms with Crippen LogP contribution in [0.1, 0.15) is 208 Å². The number of aliphatic hydroxyl groups is 1.